The number of hydrogen-bond acceptors (Lipinski definition) is 1. The summed E-state index contributed by atoms with van der Waals surface area (Å²) >= 11 is 5.54. The van der Waals surface area contributed by atoms with Crippen molar-refractivity contribution in [3.63, 3.8) is 0 Å². The Morgan fingerprint density at radius 2 is 2.21 bits per heavy atom. The first-order valence-electron chi connectivity index (χ1n) is 4.59. The number of aromatic nitrogens is 2. The van der Waals surface area contributed by atoms with Gasteiger partial charge in [0.25, 0.3) is 0 Å². The van der Waals surface area contributed by atoms with Crippen molar-refractivity contribution in [2.24, 2.45) is 0 Å². The molecule has 0 aliphatic carbocycles. The summed E-state index contributed by atoms with van der Waals surface area (Å²) in [5.74, 6) is 0. The van der Waals surface area contributed by atoms with Crippen LogP contribution in [-0.4, -0.2) is 9.13 Å². The molecule has 0 spiro atoms. The number of imidazole rings is 1. The number of rotatable bonds is 3. The van der Waals surface area contributed by atoms with Gasteiger partial charge in [0.15, 0.2) is 0 Å². The molecule has 0 radical (unpaired) electrons. The minimum atomic E-state index is 0.0119. The number of halogens is 1. The first-order chi connectivity index (χ1) is 6.56. The third kappa shape index (κ3) is 2.29. The van der Waals surface area contributed by atoms with E-state index in [1.54, 1.807) is 21.5 Å². The summed E-state index contributed by atoms with van der Waals surface area (Å²) in [5.41, 5.74) is 2.48. The molecule has 0 aliphatic rings. The Morgan fingerprint density at radius 1 is 1.57 bits per heavy atom. The van der Waals surface area contributed by atoms with Crippen LogP contribution >= 0.6 is 11.6 Å². The molecule has 1 rings (SSSR count). The standard InChI is InChI=1S/C10H15ClN2O/c1-8(2)13-5-4-12(10(13)14)7-9(3)6-11/h4-6,8H,7H2,1-3H3/b9-6+. The van der Waals surface area contributed by atoms with Crippen LogP contribution in [0.15, 0.2) is 28.3 Å². The molecule has 0 aromatic carbocycles. The molecule has 0 atom stereocenters. The predicted molar refractivity (Wildman–Crippen MR) is 58.7 cm³/mol. The van der Waals surface area contributed by atoms with Crippen LogP contribution in [0.25, 0.3) is 0 Å². The number of nitrogens with zero attached hydrogens (tertiary/aromatic N) is 2. The van der Waals surface area contributed by atoms with Gasteiger partial charge in [-0.25, -0.2) is 4.79 Å². The first-order valence-corrected chi connectivity index (χ1v) is 5.03. The highest BCUT2D eigenvalue weighted by molar-refractivity contribution is 6.25. The normalized spacial score (nSPS) is 12.5. The molecule has 0 bridgehead atoms. The van der Waals surface area contributed by atoms with Crippen molar-refractivity contribution in [1.82, 2.24) is 9.13 Å². The Morgan fingerprint density at radius 3 is 2.64 bits per heavy atom. The zero-order valence-electron chi connectivity index (χ0n) is 8.70. The zero-order valence-corrected chi connectivity index (χ0v) is 9.45. The highest BCUT2D eigenvalue weighted by Gasteiger charge is 2.05. The van der Waals surface area contributed by atoms with Crippen molar-refractivity contribution in [2.45, 2.75) is 33.4 Å². The van der Waals surface area contributed by atoms with E-state index in [9.17, 15) is 4.79 Å². The smallest absolute Gasteiger partial charge is 0.297 e. The number of hydrogen-bond donors (Lipinski definition) is 0. The molecule has 1 aromatic heterocycles. The fourth-order valence-electron chi connectivity index (χ4n) is 1.24. The molecule has 78 valence electrons. The van der Waals surface area contributed by atoms with Gasteiger partial charge in [0.05, 0.1) is 0 Å². The maximum Gasteiger partial charge on any atom is 0.328 e. The first kappa shape index (κ1) is 11.1. The topological polar surface area (TPSA) is 26.9 Å². The van der Waals surface area contributed by atoms with Crippen LogP contribution in [0.5, 0.6) is 0 Å². The molecule has 0 unspecified atom stereocenters. The van der Waals surface area contributed by atoms with E-state index in [0.29, 0.717) is 6.54 Å². The monoisotopic (exact) mass is 214 g/mol. The second-order valence-corrected chi connectivity index (χ2v) is 3.88. The molecule has 0 saturated heterocycles. The quantitative estimate of drug-likeness (QED) is 0.759. The fourth-order valence-corrected chi connectivity index (χ4v) is 1.31. The summed E-state index contributed by atoms with van der Waals surface area (Å²) in [6.45, 7) is 6.42. The van der Waals surface area contributed by atoms with E-state index in [1.165, 1.54) is 5.54 Å². The lowest BCUT2D eigenvalue weighted by molar-refractivity contribution is 0.560. The summed E-state index contributed by atoms with van der Waals surface area (Å²) in [6, 6.07) is 0.198. The molecule has 1 aromatic rings. The van der Waals surface area contributed by atoms with Crippen molar-refractivity contribution in [1.29, 1.82) is 0 Å². The maximum atomic E-state index is 11.7. The SMILES string of the molecule is C/C(=C\Cl)Cn1ccn(C(C)C)c1=O. The molecule has 0 saturated carbocycles. The second kappa shape index (κ2) is 4.51. The summed E-state index contributed by atoms with van der Waals surface area (Å²) in [6.07, 6.45) is 3.58. The van der Waals surface area contributed by atoms with Gasteiger partial charge in [0, 0.05) is 30.5 Å². The number of allylic oxidation sites excluding steroid dienone is 1. The lowest BCUT2D eigenvalue weighted by Crippen LogP contribution is -2.25. The summed E-state index contributed by atoms with van der Waals surface area (Å²) in [4.78, 5) is 11.7. The van der Waals surface area contributed by atoms with Gasteiger partial charge >= 0.3 is 5.69 Å². The van der Waals surface area contributed by atoms with Gasteiger partial charge in [-0.1, -0.05) is 11.6 Å². The zero-order chi connectivity index (χ0) is 10.7. The van der Waals surface area contributed by atoms with Crippen molar-refractivity contribution in [3.8, 4) is 0 Å². The molecule has 1 heterocycles. The highest BCUT2D eigenvalue weighted by Crippen LogP contribution is 2.02. The summed E-state index contributed by atoms with van der Waals surface area (Å²) in [5, 5.41) is 0. The van der Waals surface area contributed by atoms with E-state index >= 15 is 0 Å². The van der Waals surface area contributed by atoms with Gasteiger partial charge in [0.2, 0.25) is 0 Å². The lowest BCUT2D eigenvalue weighted by atomic mass is 10.3. The minimum Gasteiger partial charge on any atom is -0.297 e. The van der Waals surface area contributed by atoms with E-state index in [1.807, 2.05) is 20.8 Å². The van der Waals surface area contributed by atoms with E-state index in [0.717, 1.165) is 5.57 Å². The largest absolute Gasteiger partial charge is 0.328 e. The summed E-state index contributed by atoms with van der Waals surface area (Å²) in [7, 11) is 0. The Kier molecular flexibility index (Phi) is 3.58. The van der Waals surface area contributed by atoms with Crippen LogP contribution in [0, 0.1) is 0 Å². The van der Waals surface area contributed by atoms with E-state index in [-0.39, 0.29) is 11.7 Å². The van der Waals surface area contributed by atoms with E-state index < -0.39 is 0 Å². The van der Waals surface area contributed by atoms with E-state index in [2.05, 4.69) is 0 Å². The van der Waals surface area contributed by atoms with Gasteiger partial charge in [-0.2, -0.15) is 0 Å². The molecular weight excluding hydrogens is 200 g/mol. The minimum absolute atomic E-state index is 0.0119. The molecule has 4 heteroatoms. The van der Waals surface area contributed by atoms with Crippen LogP contribution in [0.2, 0.25) is 0 Å². The molecule has 0 aliphatic heterocycles. The van der Waals surface area contributed by atoms with Crippen LogP contribution in [0.3, 0.4) is 0 Å². The Balaban J connectivity index is 2.96. The molecule has 14 heavy (non-hydrogen) atoms. The molecule has 3 nitrogen and oxygen atoms in total. The molecule has 0 amide bonds. The van der Waals surface area contributed by atoms with Crippen LogP contribution < -0.4 is 5.69 Å². The van der Waals surface area contributed by atoms with Gasteiger partial charge in [-0.3, -0.25) is 9.13 Å². The fraction of sp³-hybridized carbons (Fsp3) is 0.500. The maximum absolute atomic E-state index is 11.7. The Labute approximate surface area is 88.6 Å². The van der Waals surface area contributed by atoms with Crippen LogP contribution in [-0.2, 0) is 6.54 Å². The van der Waals surface area contributed by atoms with Gasteiger partial charge < -0.3 is 0 Å². The van der Waals surface area contributed by atoms with Crippen LogP contribution in [0.4, 0.5) is 0 Å². The Hall–Kier alpha value is -0.960. The van der Waals surface area contributed by atoms with Crippen molar-refractivity contribution >= 4 is 11.6 Å². The van der Waals surface area contributed by atoms with E-state index in [4.69, 9.17) is 11.6 Å². The van der Waals surface area contributed by atoms with Crippen molar-refractivity contribution in [2.75, 3.05) is 0 Å². The third-order valence-corrected chi connectivity index (χ3v) is 2.41. The lowest BCUT2D eigenvalue weighted by Gasteiger charge is -2.04. The average Bonchev–Trinajstić information content (AvgIpc) is 2.48. The predicted octanol–water partition coefficient (Wildman–Crippen LogP) is 2.37. The summed E-state index contributed by atoms with van der Waals surface area (Å²) < 4.78 is 3.34. The van der Waals surface area contributed by atoms with Crippen molar-refractivity contribution in [3.05, 3.63) is 34.0 Å². The molecule has 0 fully saturated rings. The van der Waals surface area contributed by atoms with Gasteiger partial charge in [-0.15, -0.1) is 0 Å². The van der Waals surface area contributed by atoms with Crippen molar-refractivity contribution < 1.29 is 0 Å². The van der Waals surface area contributed by atoms with Crippen LogP contribution in [0.1, 0.15) is 26.8 Å². The third-order valence-electron chi connectivity index (χ3n) is 2.04. The second-order valence-electron chi connectivity index (χ2n) is 3.67. The molecule has 0 N–H and O–H groups in total. The molecular formula is C10H15ClN2O. The average molecular weight is 215 g/mol. The van der Waals surface area contributed by atoms with Gasteiger partial charge in [0.1, 0.15) is 0 Å². The Bertz CT molecular complexity index is 387. The van der Waals surface area contributed by atoms with Gasteiger partial charge in [-0.05, 0) is 26.3 Å². The highest BCUT2D eigenvalue weighted by atomic mass is 35.5.